The highest BCUT2D eigenvalue weighted by Crippen LogP contribution is 2.11. The van der Waals surface area contributed by atoms with Crippen LogP contribution in [-0.4, -0.2) is 35.4 Å². The lowest BCUT2D eigenvalue weighted by molar-refractivity contribution is 0.0813. The number of hydrogen-bond donors (Lipinski definition) is 2. The molecule has 0 heterocycles. The van der Waals surface area contributed by atoms with Crippen LogP contribution in [0.3, 0.4) is 0 Å². The molecule has 0 aliphatic carbocycles. The van der Waals surface area contributed by atoms with Crippen LogP contribution in [0.2, 0.25) is 0 Å². The van der Waals surface area contributed by atoms with E-state index >= 15 is 0 Å². The molecule has 0 saturated heterocycles. The Labute approximate surface area is 102 Å². The van der Waals surface area contributed by atoms with Crippen molar-refractivity contribution in [1.29, 1.82) is 0 Å². The second kappa shape index (κ2) is 5.50. The molecule has 1 rings (SSSR count). The molecule has 0 atom stereocenters. The number of rotatable bonds is 3. The molecule has 0 aliphatic heterocycles. The van der Waals surface area contributed by atoms with Gasteiger partial charge in [-0.2, -0.15) is 0 Å². The fourth-order valence-electron chi connectivity index (χ4n) is 1.16. The van der Waals surface area contributed by atoms with Gasteiger partial charge in [-0.05, 0) is 24.3 Å². The van der Waals surface area contributed by atoms with E-state index in [0.717, 1.165) is 4.47 Å². The third-order valence-corrected chi connectivity index (χ3v) is 2.49. The summed E-state index contributed by atoms with van der Waals surface area (Å²) in [4.78, 5) is 13.2. The molecule has 1 aromatic rings. The highest BCUT2D eigenvalue weighted by Gasteiger charge is 2.12. The number of amidine groups is 1. The molecule has 1 aromatic carbocycles. The summed E-state index contributed by atoms with van der Waals surface area (Å²) in [7, 11) is 1.59. The Morgan fingerprint density at radius 1 is 1.50 bits per heavy atom. The molecule has 5 nitrogen and oxygen atoms in total. The first-order chi connectivity index (χ1) is 7.54. The summed E-state index contributed by atoms with van der Waals surface area (Å²) in [6, 6.07) is 6.97. The van der Waals surface area contributed by atoms with Gasteiger partial charge in [0.25, 0.3) is 5.91 Å². The number of halogens is 1. The van der Waals surface area contributed by atoms with Crippen molar-refractivity contribution in [1.82, 2.24) is 4.90 Å². The number of oxime groups is 1. The number of nitrogens with two attached hydrogens (primary N) is 1. The van der Waals surface area contributed by atoms with Gasteiger partial charge in [0.15, 0.2) is 5.84 Å². The summed E-state index contributed by atoms with van der Waals surface area (Å²) in [5.74, 6) is -0.188. The Morgan fingerprint density at radius 3 is 2.56 bits per heavy atom. The van der Waals surface area contributed by atoms with Gasteiger partial charge in [-0.3, -0.25) is 4.79 Å². The van der Waals surface area contributed by atoms with Crippen LogP contribution < -0.4 is 5.73 Å². The van der Waals surface area contributed by atoms with Gasteiger partial charge in [0.1, 0.15) is 0 Å². The van der Waals surface area contributed by atoms with Crippen LogP contribution in [0.1, 0.15) is 10.4 Å². The van der Waals surface area contributed by atoms with Crippen molar-refractivity contribution in [2.45, 2.75) is 0 Å². The van der Waals surface area contributed by atoms with Crippen LogP contribution in [0.5, 0.6) is 0 Å². The largest absolute Gasteiger partial charge is 0.409 e. The third-order valence-electron chi connectivity index (χ3n) is 1.97. The molecule has 86 valence electrons. The molecule has 0 radical (unpaired) electrons. The highest BCUT2D eigenvalue weighted by atomic mass is 79.9. The minimum Gasteiger partial charge on any atom is -0.409 e. The third kappa shape index (κ3) is 3.23. The molecule has 6 heteroatoms. The molecule has 0 saturated carbocycles. The Hall–Kier alpha value is -1.56. The number of likely N-dealkylation sites (N-methyl/N-ethyl adjacent to an activating group) is 1. The molecule has 3 N–H and O–H groups in total. The van der Waals surface area contributed by atoms with E-state index in [-0.39, 0.29) is 18.3 Å². The average molecular weight is 286 g/mol. The van der Waals surface area contributed by atoms with Gasteiger partial charge in [0.2, 0.25) is 0 Å². The van der Waals surface area contributed by atoms with E-state index in [2.05, 4.69) is 21.1 Å². The van der Waals surface area contributed by atoms with Gasteiger partial charge < -0.3 is 15.8 Å². The van der Waals surface area contributed by atoms with Gasteiger partial charge in [0.05, 0.1) is 6.54 Å². The van der Waals surface area contributed by atoms with E-state index in [1.807, 2.05) is 0 Å². The van der Waals surface area contributed by atoms with Crippen LogP contribution >= 0.6 is 15.9 Å². The lowest BCUT2D eigenvalue weighted by Crippen LogP contribution is -2.35. The lowest BCUT2D eigenvalue weighted by Gasteiger charge is -2.15. The Bertz CT molecular complexity index is 403. The maximum atomic E-state index is 11.8. The molecule has 0 aliphatic rings. The van der Waals surface area contributed by atoms with Crippen LogP contribution in [0.15, 0.2) is 33.9 Å². The minimum absolute atomic E-state index is 0.00652. The van der Waals surface area contributed by atoms with Gasteiger partial charge >= 0.3 is 0 Å². The van der Waals surface area contributed by atoms with Crippen LogP contribution in [-0.2, 0) is 0 Å². The summed E-state index contributed by atoms with van der Waals surface area (Å²) >= 11 is 3.29. The summed E-state index contributed by atoms with van der Waals surface area (Å²) in [6.45, 7) is 0.0887. The van der Waals surface area contributed by atoms with E-state index < -0.39 is 0 Å². The normalized spacial score (nSPS) is 11.2. The molecule has 16 heavy (non-hydrogen) atoms. The molecule has 0 bridgehead atoms. The second-order valence-electron chi connectivity index (χ2n) is 3.26. The first-order valence-corrected chi connectivity index (χ1v) is 5.31. The summed E-state index contributed by atoms with van der Waals surface area (Å²) < 4.78 is 0.906. The maximum Gasteiger partial charge on any atom is 0.254 e. The zero-order chi connectivity index (χ0) is 12.1. The van der Waals surface area contributed by atoms with Crippen molar-refractivity contribution in [3.8, 4) is 0 Å². The number of nitrogens with zero attached hydrogens (tertiary/aromatic N) is 2. The quantitative estimate of drug-likeness (QED) is 0.380. The zero-order valence-corrected chi connectivity index (χ0v) is 10.3. The van der Waals surface area contributed by atoms with E-state index in [9.17, 15) is 4.79 Å². The van der Waals surface area contributed by atoms with E-state index in [0.29, 0.717) is 5.56 Å². The van der Waals surface area contributed by atoms with E-state index in [1.165, 1.54) is 4.90 Å². The molecule has 0 unspecified atom stereocenters. The lowest BCUT2D eigenvalue weighted by atomic mass is 10.2. The SMILES string of the molecule is CN(CC(N)=NO)C(=O)c1ccc(Br)cc1. The van der Waals surface area contributed by atoms with Crippen LogP contribution in [0.4, 0.5) is 0 Å². The van der Waals surface area contributed by atoms with Gasteiger partial charge in [-0.25, -0.2) is 0 Å². The number of carbonyl (C=O) groups is 1. The summed E-state index contributed by atoms with van der Waals surface area (Å²) in [5.41, 5.74) is 5.86. The van der Waals surface area contributed by atoms with Crippen molar-refractivity contribution in [2.24, 2.45) is 10.9 Å². The van der Waals surface area contributed by atoms with Crippen LogP contribution in [0.25, 0.3) is 0 Å². The number of benzene rings is 1. The van der Waals surface area contributed by atoms with Gasteiger partial charge in [-0.15, -0.1) is 0 Å². The molecule has 0 fully saturated rings. The Morgan fingerprint density at radius 2 is 2.06 bits per heavy atom. The van der Waals surface area contributed by atoms with Crippen LogP contribution in [0, 0.1) is 0 Å². The van der Waals surface area contributed by atoms with Crippen molar-refractivity contribution in [3.63, 3.8) is 0 Å². The van der Waals surface area contributed by atoms with E-state index in [4.69, 9.17) is 10.9 Å². The number of hydrogen-bond acceptors (Lipinski definition) is 3. The molecule has 1 amide bonds. The molecule has 0 aromatic heterocycles. The van der Waals surface area contributed by atoms with Gasteiger partial charge in [-0.1, -0.05) is 21.1 Å². The second-order valence-corrected chi connectivity index (χ2v) is 4.18. The van der Waals surface area contributed by atoms with Gasteiger partial charge in [0, 0.05) is 17.1 Å². The fourth-order valence-corrected chi connectivity index (χ4v) is 1.42. The minimum atomic E-state index is -0.181. The Balaban J connectivity index is 2.74. The molecule has 0 spiro atoms. The Kier molecular flexibility index (Phi) is 4.30. The topological polar surface area (TPSA) is 78.9 Å². The predicted molar refractivity (Wildman–Crippen MR) is 64.5 cm³/mol. The standard InChI is InChI=1S/C10H12BrN3O2/c1-14(6-9(12)13-16)10(15)7-2-4-8(11)5-3-7/h2-5,16H,6H2,1H3,(H2,12,13). The molecular formula is C10H12BrN3O2. The zero-order valence-electron chi connectivity index (χ0n) is 8.72. The number of carbonyl (C=O) groups excluding carboxylic acids is 1. The predicted octanol–water partition coefficient (Wildman–Crippen LogP) is 1.27. The van der Waals surface area contributed by atoms with Crippen molar-refractivity contribution in [2.75, 3.05) is 13.6 Å². The average Bonchev–Trinajstić information content (AvgIpc) is 2.28. The number of amides is 1. The van der Waals surface area contributed by atoms with E-state index in [1.54, 1.807) is 31.3 Å². The smallest absolute Gasteiger partial charge is 0.254 e. The van der Waals surface area contributed by atoms with Crippen molar-refractivity contribution in [3.05, 3.63) is 34.3 Å². The first-order valence-electron chi connectivity index (χ1n) is 4.52. The fraction of sp³-hybridized carbons (Fsp3) is 0.200. The summed E-state index contributed by atoms with van der Waals surface area (Å²) in [6.07, 6.45) is 0. The summed E-state index contributed by atoms with van der Waals surface area (Å²) in [5, 5.41) is 11.2. The monoisotopic (exact) mass is 285 g/mol. The first kappa shape index (κ1) is 12.5. The molecular weight excluding hydrogens is 274 g/mol. The van der Waals surface area contributed by atoms with Crippen molar-refractivity contribution < 1.29 is 10.0 Å². The highest BCUT2D eigenvalue weighted by molar-refractivity contribution is 9.10. The van der Waals surface area contributed by atoms with Crippen molar-refractivity contribution >= 4 is 27.7 Å². The maximum absolute atomic E-state index is 11.8.